The zero-order chi connectivity index (χ0) is 14.4. The highest BCUT2D eigenvalue weighted by molar-refractivity contribution is 9.10. The van der Waals surface area contributed by atoms with Crippen LogP contribution in [-0.2, 0) is 11.3 Å². The van der Waals surface area contributed by atoms with Crippen molar-refractivity contribution in [1.82, 2.24) is 0 Å². The second-order valence-electron chi connectivity index (χ2n) is 4.61. The Kier molecular flexibility index (Phi) is 5.59. The Morgan fingerprint density at radius 1 is 1.10 bits per heavy atom. The number of methoxy groups -OCH3 is 1. The highest BCUT2D eigenvalue weighted by Gasteiger charge is 2.09. The first-order valence-corrected chi connectivity index (χ1v) is 7.32. The Morgan fingerprint density at radius 2 is 1.75 bits per heavy atom. The Morgan fingerprint density at radius 3 is 2.30 bits per heavy atom. The van der Waals surface area contributed by atoms with E-state index in [9.17, 15) is 0 Å². The standard InChI is InChI=1S/C16H19BrN2O/c1-20-11-12-2-4-13(5-3-12)16(10-18)19-15-8-6-14(17)7-9-15/h2-9,16,19H,10-11,18H2,1H3. The van der Waals surface area contributed by atoms with Gasteiger partial charge in [-0.1, -0.05) is 40.2 Å². The molecule has 106 valence electrons. The maximum atomic E-state index is 5.88. The molecular weight excluding hydrogens is 316 g/mol. The predicted molar refractivity (Wildman–Crippen MR) is 86.7 cm³/mol. The third-order valence-electron chi connectivity index (χ3n) is 3.11. The van der Waals surface area contributed by atoms with Crippen LogP contribution in [0.15, 0.2) is 53.0 Å². The molecule has 0 radical (unpaired) electrons. The van der Waals surface area contributed by atoms with E-state index < -0.39 is 0 Å². The lowest BCUT2D eigenvalue weighted by molar-refractivity contribution is 0.185. The number of benzene rings is 2. The smallest absolute Gasteiger partial charge is 0.0713 e. The maximum Gasteiger partial charge on any atom is 0.0713 e. The van der Waals surface area contributed by atoms with Gasteiger partial charge in [-0.25, -0.2) is 0 Å². The van der Waals surface area contributed by atoms with E-state index in [1.807, 2.05) is 24.3 Å². The van der Waals surface area contributed by atoms with E-state index in [2.05, 4.69) is 45.5 Å². The van der Waals surface area contributed by atoms with Gasteiger partial charge in [0.1, 0.15) is 0 Å². The summed E-state index contributed by atoms with van der Waals surface area (Å²) < 4.78 is 6.18. The Balaban J connectivity index is 2.09. The molecule has 0 spiro atoms. The van der Waals surface area contributed by atoms with Gasteiger partial charge in [-0.05, 0) is 35.4 Å². The molecule has 0 bridgehead atoms. The van der Waals surface area contributed by atoms with Crippen LogP contribution in [0.4, 0.5) is 5.69 Å². The minimum Gasteiger partial charge on any atom is -0.380 e. The van der Waals surface area contributed by atoms with Crippen LogP contribution >= 0.6 is 15.9 Å². The third-order valence-corrected chi connectivity index (χ3v) is 3.64. The molecule has 0 saturated heterocycles. The van der Waals surface area contributed by atoms with Crippen molar-refractivity contribution in [1.29, 1.82) is 0 Å². The minimum atomic E-state index is 0.104. The average Bonchev–Trinajstić information content (AvgIpc) is 2.48. The summed E-state index contributed by atoms with van der Waals surface area (Å²) in [7, 11) is 1.70. The summed E-state index contributed by atoms with van der Waals surface area (Å²) in [5.74, 6) is 0. The first kappa shape index (κ1) is 15.0. The SMILES string of the molecule is COCc1ccc(C(CN)Nc2ccc(Br)cc2)cc1. The molecule has 3 N–H and O–H groups in total. The van der Waals surface area contributed by atoms with Crippen molar-refractivity contribution in [2.24, 2.45) is 5.73 Å². The van der Waals surface area contributed by atoms with E-state index in [4.69, 9.17) is 10.5 Å². The zero-order valence-corrected chi connectivity index (χ0v) is 13.1. The van der Waals surface area contributed by atoms with Crippen LogP contribution < -0.4 is 11.1 Å². The van der Waals surface area contributed by atoms with Crippen LogP contribution in [0.2, 0.25) is 0 Å². The molecule has 20 heavy (non-hydrogen) atoms. The predicted octanol–water partition coefficient (Wildman–Crippen LogP) is 3.71. The average molecular weight is 335 g/mol. The number of ether oxygens (including phenoxy) is 1. The molecule has 0 aliphatic rings. The zero-order valence-electron chi connectivity index (χ0n) is 11.5. The largest absolute Gasteiger partial charge is 0.380 e. The number of hydrogen-bond acceptors (Lipinski definition) is 3. The van der Waals surface area contributed by atoms with Crippen LogP contribution in [0.25, 0.3) is 0 Å². The lowest BCUT2D eigenvalue weighted by Crippen LogP contribution is -2.20. The van der Waals surface area contributed by atoms with E-state index in [-0.39, 0.29) is 6.04 Å². The molecule has 2 rings (SSSR count). The van der Waals surface area contributed by atoms with Gasteiger partial charge < -0.3 is 15.8 Å². The van der Waals surface area contributed by atoms with E-state index in [0.29, 0.717) is 13.2 Å². The lowest BCUT2D eigenvalue weighted by Gasteiger charge is -2.19. The van der Waals surface area contributed by atoms with Crippen LogP contribution in [0.1, 0.15) is 17.2 Å². The molecule has 0 heterocycles. The summed E-state index contributed by atoms with van der Waals surface area (Å²) in [6.07, 6.45) is 0. The second kappa shape index (κ2) is 7.43. The molecule has 1 unspecified atom stereocenters. The van der Waals surface area contributed by atoms with Crippen LogP contribution in [0.5, 0.6) is 0 Å². The number of nitrogens with two attached hydrogens (primary N) is 1. The first-order chi connectivity index (χ1) is 9.72. The van der Waals surface area contributed by atoms with E-state index in [1.54, 1.807) is 7.11 Å². The minimum absolute atomic E-state index is 0.104. The van der Waals surface area contributed by atoms with Gasteiger partial charge in [0.2, 0.25) is 0 Å². The number of hydrogen-bond donors (Lipinski definition) is 2. The fourth-order valence-corrected chi connectivity index (χ4v) is 2.30. The van der Waals surface area contributed by atoms with Crippen molar-refractivity contribution in [2.75, 3.05) is 19.0 Å². The molecule has 2 aromatic carbocycles. The molecule has 0 aliphatic carbocycles. The molecule has 1 atom stereocenters. The van der Waals surface area contributed by atoms with Gasteiger partial charge in [0.05, 0.1) is 12.6 Å². The van der Waals surface area contributed by atoms with Gasteiger partial charge >= 0.3 is 0 Å². The van der Waals surface area contributed by atoms with Crippen molar-refractivity contribution in [3.63, 3.8) is 0 Å². The monoisotopic (exact) mass is 334 g/mol. The molecular formula is C16H19BrN2O. The highest BCUT2D eigenvalue weighted by atomic mass is 79.9. The number of rotatable bonds is 6. The Bertz CT molecular complexity index is 525. The molecule has 0 amide bonds. The van der Waals surface area contributed by atoms with Crippen LogP contribution in [-0.4, -0.2) is 13.7 Å². The summed E-state index contributed by atoms with van der Waals surface area (Å²) in [4.78, 5) is 0. The quantitative estimate of drug-likeness (QED) is 0.846. The van der Waals surface area contributed by atoms with Gasteiger partial charge in [0.15, 0.2) is 0 Å². The van der Waals surface area contributed by atoms with E-state index >= 15 is 0 Å². The summed E-state index contributed by atoms with van der Waals surface area (Å²) in [5, 5.41) is 3.45. The van der Waals surface area contributed by atoms with Crippen molar-refractivity contribution in [3.05, 3.63) is 64.1 Å². The van der Waals surface area contributed by atoms with Crippen LogP contribution in [0.3, 0.4) is 0 Å². The fraction of sp³-hybridized carbons (Fsp3) is 0.250. The number of anilines is 1. The van der Waals surface area contributed by atoms with E-state index in [1.165, 1.54) is 5.56 Å². The molecule has 4 heteroatoms. The maximum absolute atomic E-state index is 5.88. The Hall–Kier alpha value is -1.36. The number of nitrogens with one attached hydrogen (secondary N) is 1. The lowest BCUT2D eigenvalue weighted by atomic mass is 10.0. The van der Waals surface area contributed by atoms with Crippen molar-refractivity contribution in [2.45, 2.75) is 12.6 Å². The molecule has 0 aliphatic heterocycles. The summed E-state index contributed by atoms with van der Waals surface area (Å²) in [6, 6.07) is 16.5. The second-order valence-corrected chi connectivity index (χ2v) is 5.53. The van der Waals surface area contributed by atoms with Gasteiger partial charge in [-0.3, -0.25) is 0 Å². The first-order valence-electron chi connectivity index (χ1n) is 6.53. The van der Waals surface area contributed by atoms with Gasteiger partial charge in [0.25, 0.3) is 0 Å². The molecule has 2 aromatic rings. The highest BCUT2D eigenvalue weighted by Crippen LogP contribution is 2.21. The van der Waals surface area contributed by atoms with Crippen molar-refractivity contribution in [3.8, 4) is 0 Å². The molecule has 0 fully saturated rings. The molecule has 3 nitrogen and oxygen atoms in total. The summed E-state index contributed by atoms with van der Waals surface area (Å²) >= 11 is 3.43. The molecule has 0 saturated carbocycles. The van der Waals surface area contributed by atoms with E-state index in [0.717, 1.165) is 15.7 Å². The molecule has 0 aromatic heterocycles. The summed E-state index contributed by atoms with van der Waals surface area (Å²) in [6.45, 7) is 1.17. The topological polar surface area (TPSA) is 47.3 Å². The van der Waals surface area contributed by atoms with Gasteiger partial charge in [-0.2, -0.15) is 0 Å². The van der Waals surface area contributed by atoms with Gasteiger partial charge in [0, 0.05) is 23.8 Å². The Labute approximate surface area is 128 Å². The summed E-state index contributed by atoms with van der Waals surface area (Å²) in [5.41, 5.74) is 9.28. The fourth-order valence-electron chi connectivity index (χ4n) is 2.04. The third kappa shape index (κ3) is 4.07. The van der Waals surface area contributed by atoms with Crippen molar-refractivity contribution < 1.29 is 4.74 Å². The van der Waals surface area contributed by atoms with Crippen LogP contribution in [0, 0.1) is 0 Å². The van der Waals surface area contributed by atoms with Crippen molar-refractivity contribution >= 4 is 21.6 Å². The van der Waals surface area contributed by atoms with Gasteiger partial charge in [-0.15, -0.1) is 0 Å². The number of halogens is 1. The normalized spacial score (nSPS) is 12.2.